The van der Waals surface area contributed by atoms with Gasteiger partial charge in [0.15, 0.2) is 0 Å². The zero-order valence-corrected chi connectivity index (χ0v) is 10.2. The SMILES string of the molecule is OCCOCCN1CCC(=NO)c2ccccc21. The lowest BCUT2D eigenvalue weighted by atomic mass is 10.00. The molecule has 0 unspecified atom stereocenters. The molecule has 1 aliphatic rings. The Morgan fingerprint density at radius 3 is 2.89 bits per heavy atom. The molecule has 1 aromatic carbocycles. The van der Waals surface area contributed by atoms with Crippen LogP contribution in [0.15, 0.2) is 29.4 Å². The predicted molar refractivity (Wildman–Crippen MR) is 69.5 cm³/mol. The molecule has 1 aliphatic heterocycles. The van der Waals surface area contributed by atoms with Crippen LogP contribution < -0.4 is 4.90 Å². The molecule has 0 saturated carbocycles. The van der Waals surface area contributed by atoms with E-state index < -0.39 is 0 Å². The highest BCUT2D eigenvalue weighted by molar-refractivity contribution is 6.06. The Kier molecular flexibility index (Phi) is 4.55. The minimum absolute atomic E-state index is 0.0535. The Bertz CT molecular complexity index is 420. The smallest absolute Gasteiger partial charge is 0.0906 e. The number of rotatable bonds is 5. The minimum Gasteiger partial charge on any atom is -0.411 e. The van der Waals surface area contributed by atoms with Gasteiger partial charge in [-0.05, 0) is 6.07 Å². The van der Waals surface area contributed by atoms with Gasteiger partial charge in [0.1, 0.15) is 0 Å². The topological polar surface area (TPSA) is 65.3 Å². The van der Waals surface area contributed by atoms with Crippen molar-refractivity contribution in [1.82, 2.24) is 0 Å². The predicted octanol–water partition coefficient (Wildman–Crippen LogP) is 1.08. The molecule has 0 amide bonds. The number of oxime groups is 1. The van der Waals surface area contributed by atoms with Gasteiger partial charge in [-0.3, -0.25) is 0 Å². The Morgan fingerprint density at radius 2 is 2.11 bits per heavy atom. The number of para-hydroxylation sites is 1. The maximum Gasteiger partial charge on any atom is 0.0906 e. The van der Waals surface area contributed by atoms with Crippen LogP contribution in [0.3, 0.4) is 0 Å². The van der Waals surface area contributed by atoms with E-state index in [0.29, 0.717) is 13.2 Å². The zero-order chi connectivity index (χ0) is 12.8. The van der Waals surface area contributed by atoms with E-state index in [0.717, 1.165) is 36.5 Å². The Labute approximate surface area is 106 Å². The summed E-state index contributed by atoms with van der Waals surface area (Å²) in [5, 5.41) is 21.0. The molecule has 0 bridgehead atoms. The quantitative estimate of drug-likeness (QED) is 0.466. The van der Waals surface area contributed by atoms with Gasteiger partial charge < -0.3 is 20.0 Å². The molecule has 0 atom stereocenters. The number of benzene rings is 1. The van der Waals surface area contributed by atoms with Crippen molar-refractivity contribution in [1.29, 1.82) is 0 Å². The van der Waals surface area contributed by atoms with Gasteiger partial charge in [0.25, 0.3) is 0 Å². The third-order valence-corrected chi connectivity index (χ3v) is 3.04. The van der Waals surface area contributed by atoms with E-state index in [2.05, 4.69) is 10.1 Å². The Balaban J connectivity index is 2.06. The lowest BCUT2D eigenvalue weighted by Gasteiger charge is -2.31. The first-order chi connectivity index (χ1) is 8.86. The van der Waals surface area contributed by atoms with Crippen LogP contribution in [-0.2, 0) is 4.74 Å². The van der Waals surface area contributed by atoms with Crippen LogP contribution in [0.5, 0.6) is 0 Å². The highest BCUT2D eigenvalue weighted by atomic mass is 16.5. The molecule has 0 aromatic heterocycles. The third-order valence-electron chi connectivity index (χ3n) is 3.04. The van der Waals surface area contributed by atoms with Crippen LogP contribution in [0.25, 0.3) is 0 Å². The van der Waals surface area contributed by atoms with Gasteiger partial charge >= 0.3 is 0 Å². The number of hydrogen-bond donors (Lipinski definition) is 2. The molecule has 2 rings (SSSR count). The monoisotopic (exact) mass is 250 g/mol. The van der Waals surface area contributed by atoms with Crippen LogP contribution in [0.4, 0.5) is 5.69 Å². The maximum absolute atomic E-state index is 8.99. The molecular formula is C13H18N2O3. The summed E-state index contributed by atoms with van der Waals surface area (Å²) in [4.78, 5) is 2.21. The summed E-state index contributed by atoms with van der Waals surface area (Å²) >= 11 is 0. The van der Waals surface area contributed by atoms with Gasteiger partial charge in [-0.25, -0.2) is 0 Å². The van der Waals surface area contributed by atoms with E-state index >= 15 is 0 Å². The molecule has 18 heavy (non-hydrogen) atoms. The second-order valence-electron chi connectivity index (χ2n) is 4.14. The molecule has 0 spiro atoms. The number of hydrogen-bond acceptors (Lipinski definition) is 5. The van der Waals surface area contributed by atoms with Crippen LogP contribution in [0, 0.1) is 0 Å². The van der Waals surface area contributed by atoms with Crippen LogP contribution in [0.1, 0.15) is 12.0 Å². The van der Waals surface area contributed by atoms with Crippen LogP contribution in [0.2, 0.25) is 0 Å². The van der Waals surface area contributed by atoms with Crippen molar-refractivity contribution in [2.75, 3.05) is 37.8 Å². The first kappa shape index (κ1) is 12.9. The fraction of sp³-hybridized carbons (Fsp3) is 0.462. The maximum atomic E-state index is 8.99. The lowest BCUT2D eigenvalue weighted by Crippen LogP contribution is -2.35. The minimum atomic E-state index is 0.0535. The van der Waals surface area contributed by atoms with Crippen molar-refractivity contribution in [2.24, 2.45) is 5.16 Å². The fourth-order valence-electron chi connectivity index (χ4n) is 2.17. The average molecular weight is 250 g/mol. The van der Waals surface area contributed by atoms with E-state index in [4.69, 9.17) is 15.1 Å². The van der Waals surface area contributed by atoms with Crippen molar-refractivity contribution < 1.29 is 15.1 Å². The summed E-state index contributed by atoms with van der Waals surface area (Å²) in [6.07, 6.45) is 0.730. The van der Waals surface area contributed by atoms with Gasteiger partial charge in [0.05, 0.1) is 25.5 Å². The molecule has 0 saturated heterocycles. The van der Waals surface area contributed by atoms with E-state index in [9.17, 15) is 0 Å². The molecule has 0 aliphatic carbocycles. The fourth-order valence-corrected chi connectivity index (χ4v) is 2.17. The van der Waals surface area contributed by atoms with Gasteiger partial charge in [0.2, 0.25) is 0 Å². The largest absolute Gasteiger partial charge is 0.411 e. The summed E-state index contributed by atoms with van der Waals surface area (Å²) in [7, 11) is 0. The van der Waals surface area contributed by atoms with Crippen LogP contribution >= 0.6 is 0 Å². The Morgan fingerprint density at radius 1 is 1.28 bits per heavy atom. The number of ether oxygens (including phenoxy) is 1. The van der Waals surface area contributed by atoms with Crippen LogP contribution in [-0.4, -0.2) is 48.9 Å². The first-order valence-corrected chi connectivity index (χ1v) is 6.10. The number of fused-ring (bicyclic) bond motifs is 1. The summed E-state index contributed by atoms with van der Waals surface area (Å²) in [5.74, 6) is 0. The molecule has 5 heteroatoms. The van der Waals surface area contributed by atoms with Gasteiger partial charge in [-0.15, -0.1) is 0 Å². The highest BCUT2D eigenvalue weighted by Gasteiger charge is 2.21. The van der Waals surface area contributed by atoms with E-state index in [-0.39, 0.29) is 6.61 Å². The molecule has 98 valence electrons. The summed E-state index contributed by atoms with van der Waals surface area (Å²) < 4.78 is 5.28. The zero-order valence-electron chi connectivity index (χ0n) is 10.2. The molecule has 0 radical (unpaired) electrons. The van der Waals surface area contributed by atoms with E-state index in [1.807, 2.05) is 24.3 Å². The standard InChI is InChI=1S/C13H18N2O3/c16-8-10-18-9-7-15-6-5-12(14-17)11-3-1-2-4-13(11)15/h1-4,16-17H,5-10H2. The van der Waals surface area contributed by atoms with Gasteiger partial charge in [0, 0.05) is 30.8 Å². The summed E-state index contributed by atoms with van der Waals surface area (Å²) in [5.41, 5.74) is 2.79. The number of aliphatic hydroxyl groups excluding tert-OH is 1. The van der Waals surface area contributed by atoms with E-state index in [1.165, 1.54) is 0 Å². The first-order valence-electron chi connectivity index (χ1n) is 6.10. The molecular weight excluding hydrogens is 232 g/mol. The van der Waals surface area contributed by atoms with Crippen molar-refractivity contribution in [2.45, 2.75) is 6.42 Å². The number of anilines is 1. The Hall–Kier alpha value is -1.59. The number of aliphatic hydroxyl groups is 1. The third kappa shape index (κ3) is 2.80. The highest BCUT2D eigenvalue weighted by Crippen LogP contribution is 2.26. The molecule has 2 N–H and O–H groups in total. The lowest BCUT2D eigenvalue weighted by molar-refractivity contribution is 0.0966. The van der Waals surface area contributed by atoms with Gasteiger partial charge in [-0.1, -0.05) is 23.4 Å². The van der Waals surface area contributed by atoms with Gasteiger partial charge in [-0.2, -0.15) is 0 Å². The summed E-state index contributed by atoms with van der Waals surface area (Å²) in [6.45, 7) is 2.60. The second-order valence-corrected chi connectivity index (χ2v) is 4.14. The van der Waals surface area contributed by atoms with E-state index in [1.54, 1.807) is 0 Å². The van der Waals surface area contributed by atoms with Crippen molar-refractivity contribution in [3.05, 3.63) is 29.8 Å². The molecule has 0 fully saturated rings. The average Bonchev–Trinajstić information content (AvgIpc) is 2.43. The number of nitrogens with zero attached hydrogens (tertiary/aromatic N) is 2. The second kappa shape index (κ2) is 6.37. The molecule has 5 nitrogen and oxygen atoms in total. The van der Waals surface area contributed by atoms with Crippen molar-refractivity contribution in [3.63, 3.8) is 0 Å². The summed E-state index contributed by atoms with van der Waals surface area (Å²) in [6, 6.07) is 7.90. The molecule has 1 aromatic rings. The molecule has 1 heterocycles. The van der Waals surface area contributed by atoms with Crippen molar-refractivity contribution >= 4 is 11.4 Å². The van der Waals surface area contributed by atoms with Crippen molar-refractivity contribution in [3.8, 4) is 0 Å². The normalized spacial score (nSPS) is 16.9.